The Hall–Kier alpha value is -3.17. The molecule has 27 heavy (non-hydrogen) atoms. The van der Waals surface area contributed by atoms with Gasteiger partial charge in [0, 0.05) is 39.4 Å². The van der Waals surface area contributed by atoms with Crippen LogP contribution in [0.4, 0.5) is 4.39 Å². The lowest BCUT2D eigenvalue weighted by molar-refractivity contribution is 0.477. The SMILES string of the molecule is Fc1cccc(Oc2ccc(-[s+]3c4ccccc4c4ccccc43)cc2)c1. The third-order valence-corrected chi connectivity index (χ3v) is 6.93. The fraction of sp³-hybridized carbons (Fsp3) is 0. The van der Waals surface area contributed by atoms with Crippen LogP contribution in [0, 0.1) is 5.82 Å². The molecule has 5 aromatic rings. The lowest BCUT2D eigenvalue weighted by Crippen LogP contribution is -1.84. The molecule has 130 valence electrons. The minimum absolute atomic E-state index is 0.115. The third-order valence-electron chi connectivity index (χ3n) is 4.60. The maximum atomic E-state index is 13.3. The van der Waals surface area contributed by atoms with Crippen LogP contribution in [0.15, 0.2) is 97.1 Å². The minimum atomic E-state index is -0.301. The zero-order valence-corrected chi connectivity index (χ0v) is 15.2. The Kier molecular flexibility index (Phi) is 3.88. The molecule has 4 aromatic carbocycles. The van der Waals surface area contributed by atoms with Gasteiger partial charge in [0.25, 0.3) is 0 Å². The Bertz CT molecular complexity index is 1200. The van der Waals surface area contributed by atoms with Crippen molar-refractivity contribution < 1.29 is 9.13 Å². The molecule has 3 heteroatoms. The number of hydrogen-bond donors (Lipinski definition) is 0. The van der Waals surface area contributed by atoms with Gasteiger partial charge in [-0.3, -0.25) is 0 Å². The molecule has 1 aromatic heterocycles. The van der Waals surface area contributed by atoms with Gasteiger partial charge in [0.2, 0.25) is 0 Å². The van der Waals surface area contributed by atoms with E-state index in [2.05, 4.69) is 60.7 Å². The van der Waals surface area contributed by atoms with E-state index < -0.39 is 0 Å². The molecule has 1 heterocycles. The van der Waals surface area contributed by atoms with Gasteiger partial charge in [-0.1, -0.05) is 30.3 Å². The lowest BCUT2D eigenvalue weighted by Gasteiger charge is -2.05. The summed E-state index contributed by atoms with van der Waals surface area (Å²) in [5.41, 5.74) is 0. The topological polar surface area (TPSA) is 9.23 Å². The third kappa shape index (κ3) is 2.86. The highest BCUT2D eigenvalue weighted by atomic mass is 32.2. The molecule has 0 amide bonds. The van der Waals surface area contributed by atoms with Crippen molar-refractivity contribution in [2.24, 2.45) is 0 Å². The van der Waals surface area contributed by atoms with Crippen LogP contribution in [0.5, 0.6) is 11.5 Å². The van der Waals surface area contributed by atoms with E-state index in [1.807, 2.05) is 12.1 Å². The number of ether oxygens (including phenoxy) is 1. The molecule has 0 spiro atoms. The second-order valence-corrected chi connectivity index (χ2v) is 8.29. The second kappa shape index (κ2) is 6.53. The molecule has 0 saturated carbocycles. The molecule has 1 nitrogen and oxygen atoms in total. The number of benzene rings is 4. The maximum absolute atomic E-state index is 13.3. The Labute approximate surface area is 159 Å². The van der Waals surface area contributed by atoms with Crippen molar-refractivity contribution >= 4 is 30.6 Å². The molecular formula is C24H16FOS+. The van der Waals surface area contributed by atoms with Crippen molar-refractivity contribution in [3.05, 3.63) is 103 Å². The fourth-order valence-electron chi connectivity index (χ4n) is 3.42. The second-order valence-electron chi connectivity index (χ2n) is 6.33. The fourth-order valence-corrected chi connectivity index (χ4v) is 5.80. The summed E-state index contributed by atoms with van der Waals surface area (Å²) in [5, 5.41) is 2.63. The van der Waals surface area contributed by atoms with Crippen LogP contribution in [0.1, 0.15) is 0 Å². The Morgan fingerprint density at radius 1 is 0.593 bits per heavy atom. The summed E-state index contributed by atoms with van der Waals surface area (Å²) in [7, 11) is -0.115. The highest BCUT2D eigenvalue weighted by molar-refractivity contribution is 7.50. The quantitative estimate of drug-likeness (QED) is 0.296. The summed E-state index contributed by atoms with van der Waals surface area (Å²) in [6, 6.07) is 31.5. The molecule has 0 radical (unpaired) electrons. The number of rotatable bonds is 3. The highest BCUT2D eigenvalue weighted by Gasteiger charge is 2.22. The minimum Gasteiger partial charge on any atom is -0.457 e. The molecule has 0 unspecified atom stereocenters. The van der Waals surface area contributed by atoms with E-state index in [0.717, 1.165) is 0 Å². The van der Waals surface area contributed by atoms with Crippen molar-refractivity contribution in [3.63, 3.8) is 0 Å². The van der Waals surface area contributed by atoms with Gasteiger partial charge in [0.15, 0.2) is 14.3 Å². The predicted octanol–water partition coefficient (Wildman–Crippen LogP) is 7.66. The van der Waals surface area contributed by atoms with Crippen LogP contribution in [0.25, 0.3) is 25.1 Å². The Balaban J connectivity index is 1.59. The maximum Gasteiger partial charge on any atom is 0.187 e. The molecule has 0 N–H and O–H groups in total. The van der Waals surface area contributed by atoms with Crippen molar-refractivity contribution in [1.82, 2.24) is 0 Å². The van der Waals surface area contributed by atoms with Gasteiger partial charge in [-0.2, -0.15) is 0 Å². The van der Waals surface area contributed by atoms with Crippen molar-refractivity contribution in [2.75, 3.05) is 0 Å². The molecule has 0 aliphatic carbocycles. The Morgan fingerprint density at radius 2 is 1.22 bits per heavy atom. The van der Waals surface area contributed by atoms with E-state index in [1.165, 1.54) is 37.2 Å². The van der Waals surface area contributed by atoms with Crippen LogP contribution in [-0.2, 0) is 0 Å². The van der Waals surface area contributed by atoms with Crippen LogP contribution in [-0.4, -0.2) is 0 Å². The molecular weight excluding hydrogens is 355 g/mol. The normalized spacial score (nSPS) is 11.1. The predicted molar refractivity (Wildman–Crippen MR) is 112 cm³/mol. The number of hydrogen-bond acceptors (Lipinski definition) is 1. The van der Waals surface area contributed by atoms with Crippen LogP contribution < -0.4 is 4.74 Å². The van der Waals surface area contributed by atoms with Crippen LogP contribution >= 0.6 is 10.5 Å². The molecule has 0 aliphatic rings. The largest absolute Gasteiger partial charge is 0.457 e. The summed E-state index contributed by atoms with van der Waals surface area (Å²) >= 11 is 0. The van der Waals surface area contributed by atoms with Gasteiger partial charge in [0.05, 0.1) is 0 Å². The summed E-state index contributed by atoms with van der Waals surface area (Å²) in [4.78, 5) is 1.25. The smallest absolute Gasteiger partial charge is 0.187 e. The van der Waals surface area contributed by atoms with E-state index in [4.69, 9.17) is 4.74 Å². The monoisotopic (exact) mass is 371 g/mol. The molecule has 0 fully saturated rings. The first-order chi connectivity index (χ1) is 13.3. The summed E-state index contributed by atoms with van der Waals surface area (Å²) in [6.07, 6.45) is 0. The van der Waals surface area contributed by atoms with Crippen LogP contribution in [0.3, 0.4) is 0 Å². The van der Waals surface area contributed by atoms with E-state index in [0.29, 0.717) is 11.5 Å². The zero-order chi connectivity index (χ0) is 18.2. The van der Waals surface area contributed by atoms with E-state index in [1.54, 1.807) is 12.1 Å². The van der Waals surface area contributed by atoms with E-state index >= 15 is 0 Å². The average Bonchev–Trinajstić information content (AvgIpc) is 3.03. The Morgan fingerprint density at radius 3 is 1.85 bits per heavy atom. The van der Waals surface area contributed by atoms with E-state index in [9.17, 15) is 4.39 Å². The van der Waals surface area contributed by atoms with Gasteiger partial charge in [-0.15, -0.1) is 0 Å². The molecule has 0 atom stereocenters. The van der Waals surface area contributed by atoms with Gasteiger partial charge in [-0.05, 0) is 48.5 Å². The summed E-state index contributed by atoms with van der Waals surface area (Å²) < 4.78 is 21.8. The van der Waals surface area contributed by atoms with Gasteiger partial charge < -0.3 is 4.74 Å². The lowest BCUT2D eigenvalue weighted by atomic mass is 10.2. The summed E-state index contributed by atoms with van der Waals surface area (Å²) in [6.45, 7) is 0. The first-order valence-electron chi connectivity index (χ1n) is 8.76. The molecule has 0 saturated heterocycles. The molecule has 0 aliphatic heterocycles. The zero-order valence-electron chi connectivity index (χ0n) is 14.4. The first-order valence-corrected chi connectivity index (χ1v) is 9.98. The average molecular weight is 371 g/mol. The first kappa shape index (κ1) is 16.0. The molecule has 0 bridgehead atoms. The van der Waals surface area contributed by atoms with Crippen molar-refractivity contribution in [3.8, 4) is 16.4 Å². The standard InChI is InChI=1S/C24H16FOS/c25-17-6-5-7-19(16-17)26-18-12-14-20(15-13-18)27-23-10-3-1-8-21(23)22-9-2-4-11-24(22)27/h1-16H/q+1. The van der Waals surface area contributed by atoms with Crippen molar-refractivity contribution in [2.45, 2.75) is 0 Å². The van der Waals surface area contributed by atoms with Gasteiger partial charge >= 0.3 is 0 Å². The number of fused-ring (bicyclic) bond motifs is 3. The number of halogens is 1. The van der Waals surface area contributed by atoms with Gasteiger partial charge in [0.1, 0.15) is 17.3 Å². The number of thiophene rings is 1. The van der Waals surface area contributed by atoms with Gasteiger partial charge in [-0.25, -0.2) is 4.39 Å². The highest BCUT2D eigenvalue weighted by Crippen LogP contribution is 2.48. The van der Waals surface area contributed by atoms with Crippen LogP contribution in [0.2, 0.25) is 0 Å². The molecule has 5 rings (SSSR count). The van der Waals surface area contributed by atoms with Crippen molar-refractivity contribution in [1.29, 1.82) is 0 Å². The summed E-state index contributed by atoms with van der Waals surface area (Å²) in [5.74, 6) is 0.903. The van der Waals surface area contributed by atoms with E-state index in [-0.39, 0.29) is 16.3 Å².